The number of allylic oxidation sites excluding steroid dienone is 1. The number of amides is 2. The Morgan fingerprint density at radius 3 is 2.37 bits per heavy atom. The van der Waals surface area contributed by atoms with Gasteiger partial charge in [-0.3, -0.25) is 9.69 Å². The number of ketones is 1. The number of nitrogens with zero attached hydrogens (tertiary/aromatic N) is 1. The molecule has 0 saturated carbocycles. The topological polar surface area (TPSA) is 95.6 Å². The molecule has 2 amide bonds. The first-order chi connectivity index (χ1) is 18.0. The number of rotatable bonds is 3. The zero-order valence-electron chi connectivity index (χ0n) is 21.3. The molecule has 196 valence electrons. The first kappa shape index (κ1) is 26.0. The largest absolute Gasteiger partial charge is 0.357 e. The number of urea groups is 1. The molecule has 1 aliphatic carbocycles. The maximum absolute atomic E-state index is 14.0. The van der Waals surface area contributed by atoms with E-state index in [1.807, 2.05) is 26.8 Å². The van der Waals surface area contributed by atoms with Crippen molar-refractivity contribution in [3.05, 3.63) is 100 Å². The molecule has 5 rings (SSSR count). The van der Waals surface area contributed by atoms with Crippen molar-refractivity contribution in [1.29, 1.82) is 0 Å². The third-order valence-corrected chi connectivity index (χ3v) is 8.55. The Balaban J connectivity index is 1.71. The Kier molecular flexibility index (Phi) is 6.57. The fraction of sp³-hybridized carbons (Fsp3) is 0.241. The van der Waals surface area contributed by atoms with E-state index >= 15 is 0 Å². The van der Waals surface area contributed by atoms with Crippen molar-refractivity contribution in [2.75, 3.05) is 10.2 Å². The lowest BCUT2D eigenvalue weighted by Crippen LogP contribution is -2.46. The molecule has 0 bridgehead atoms. The summed E-state index contributed by atoms with van der Waals surface area (Å²) in [7, 11) is -4.21. The van der Waals surface area contributed by atoms with Crippen molar-refractivity contribution >= 4 is 44.8 Å². The van der Waals surface area contributed by atoms with Crippen LogP contribution in [0.15, 0.2) is 89.0 Å². The minimum Gasteiger partial charge on any atom is -0.357 e. The summed E-state index contributed by atoms with van der Waals surface area (Å²) >= 11 is 6.66. The lowest BCUT2D eigenvalue weighted by Gasteiger charge is -2.37. The average Bonchev–Trinajstić information content (AvgIpc) is 2.98. The van der Waals surface area contributed by atoms with Crippen molar-refractivity contribution in [2.45, 2.75) is 44.6 Å². The number of hydrogen-bond acceptors (Lipinski definition) is 5. The van der Waals surface area contributed by atoms with Gasteiger partial charge in [-0.1, -0.05) is 73.5 Å². The maximum Gasteiger partial charge on any atom is 0.336 e. The molecule has 9 heteroatoms. The van der Waals surface area contributed by atoms with Crippen LogP contribution in [0.5, 0.6) is 0 Å². The van der Waals surface area contributed by atoms with Crippen molar-refractivity contribution in [3.8, 4) is 0 Å². The molecule has 2 aliphatic rings. The highest BCUT2D eigenvalue weighted by Crippen LogP contribution is 2.49. The molecule has 1 aliphatic heterocycles. The highest BCUT2D eigenvalue weighted by atomic mass is 35.5. The summed E-state index contributed by atoms with van der Waals surface area (Å²) in [5.74, 6) is -0.124. The summed E-state index contributed by atoms with van der Waals surface area (Å²) in [6, 6.07) is 18.5. The van der Waals surface area contributed by atoms with Crippen LogP contribution in [0.25, 0.3) is 0 Å². The Hall–Kier alpha value is -3.62. The van der Waals surface area contributed by atoms with Crippen LogP contribution in [0.1, 0.15) is 43.9 Å². The highest BCUT2D eigenvalue weighted by Gasteiger charge is 2.44. The molecule has 38 heavy (non-hydrogen) atoms. The summed E-state index contributed by atoms with van der Waals surface area (Å²) in [6.07, 6.45) is 0.850. The molecule has 0 saturated heterocycles. The van der Waals surface area contributed by atoms with Gasteiger partial charge < -0.3 is 5.32 Å². The number of sulfonamides is 1. The van der Waals surface area contributed by atoms with E-state index in [2.05, 4.69) is 10.0 Å². The van der Waals surface area contributed by atoms with Crippen molar-refractivity contribution < 1.29 is 18.0 Å². The van der Waals surface area contributed by atoms with Crippen LogP contribution < -0.4 is 14.9 Å². The highest BCUT2D eigenvalue weighted by molar-refractivity contribution is 7.90. The number of hydrogen-bond donors (Lipinski definition) is 2. The third kappa shape index (κ3) is 4.81. The van der Waals surface area contributed by atoms with Crippen LogP contribution in [-0.4, -0.2) is 20.2 Å². The number of carbonyl (C=O) groups is 2. The molecule has 1 heterocycles. The van der Waals surface area contributed by atoms with E-state index in [1.165, 1.54) is 17.0 Å². The summed E-state index contributed by atoms with van der Waals surface area (Å²) in [6.45, 7) is 5.89. The number of nitrogens with one attached hydrogen (secondary N) is 2. The van der Waals surface area contributed by atoms with E-state index in [0.717, 1.165) is 5.56 Å². The number of fused-ring (bicyclic) bond motifs is 1. The van der Waals surface area contributed by atoms with Gasteiger partial charge in [0.1, 0.15) is 0 Å². The molecule has 2 N–H and O–H groups in total. The van der Waals surface area contributed by atoms with Crippen LogP contribution in [0.2, 0.25) is 5.02 Å². The second-order valence-electron chi connectivity index (χ2n) is 10.5. The van der Waals surface area contributed by atoms with Crippen LogP contribution in [0, 0.1) is 12.3 Å². The van der Waals surface area contributed by atoms with Crippen LogP contribution in [-0.2, 0) is 14.8 Å². The molecule has 0 radical (unpaired) electrons. The lowest BCUT2D eigenvalue weighted by molar-refractivity contribution is -0.118. The SMILES string of the molecule is Cc1ccc(S(=O)(=O)NC(=O)N2c3ccccc3NC3=C(C(=O)CC(C)(C)C3)C2c2ccccc2Cl)cc1. The summed E-state index contributed by atoms with van der Waals surface area (Å²) in [4.78, 5) is 29.0. The normalized spacial score (nSPS) is 18.7. The number of aryl methyl sites for hydroxylation is 1. The first-order valence-corrected chi connectivity index (χ1v) is 14.1. The quantitative estimate of drug-likeness (QED) is 0.396. The van der Waals surface area contributed by atoms with Crippen molar-refractivity contribution in [2.24, 2.45) is 5.41 Å². The van der Waals surface area contributed by atoms with E-state index in [9.17, 15) is 18.0 Å². The molecule has 0 fully saturated rings. The zero-order chi connectivity index (χ0) is 27.2. The van der Waals surface area contributed by atoms with Crippen LogP contribution in [0.3, 0.4) is 0 Å². The Labute approximate surface area is 227 Å². The third-order valence-electron chi connectivity index (χ3n) is 6.87. The van der Waals surface area contributed by atoms with E-state index in [1.54, 1.807) is 54.6 Å². The summed E-state index contributed by atoms with van der Waals surface area (Å²) in [5, 5.41) is 3.76. The van der Waals surface area contributed by atoms with Gasteiger partial charge in [-0.2, -0.15) is 0 Å². The molecule has 3 aromatic rings. The van der Waals surface area contributed by atoms with E-state index in [-0.39, 0.29) is 22.5 Å². The van der Waals surface area contributed by atoms with Gasteiger partial charge in [0.2, 0.25) is 0 Å². The van der Waals surface area contributed by atoms with Crippen molar-refractivity contribution in [3.63, 3.8) is 0 Å². The van der Waals surface area contributed by atoms with Gasteiger partial charge in [0.05, 0.1) is 22.3 Å². The molecule has 7 nitrogen and oxygen atoms in total. The number of halogens is 1. The summed E-state index contributed by atoms with van der Waals surface area (Å²) < 4.78 is 28.7. The van der Waals surface area contributed by atoms with Crippen molar-refractivity contribution in [1.82, 2.24) is 4.72 Å². The van der Waals surface area contributed by atoms with Gasteiger partial charge in [0, 0.05) is 22.7 Å². The minimum absolute atomic E-state index is 0.0395. The fourth-order valence-electron chi connectivity index (χ4n) is 5.14. The predicted molar refractivity (Wildman–Crippen MR) is 149 cm³/mol. The molecular weight excluding hydrogens is 522 g/mol. The van der Waals surface area contributed by atoms with Gasteiger partial charge in [0.15, 0.2) is 5.78 Å². The minimum atomic E-state index is -4.21. The van der Waals surface area contributed by atoms with Gasteiger partial charge in [-0.25, -0.2) is 17.9 Å². The molecule has 1 atom stereocenters. The zero-order valence-corrected chi connectivity index (χ0v) is 22.9. The molecule has 0 spiro atoms. The fourth-order valence-corrected chi connectivity index (χ4v) is 6.32. The number of para-hydroxylation sites is 2. The van der Waals surface area contributed by atoms with E-state index < -0.39 is 22.1 Å². The molecule has 1 unspecified atom stereocenters. The maximum atomic E-state index is 14.0. The lowest BCUT2D eigenvalue weighted by atomic mass is 9.73. The number of Topliss-reactive ketones (excluding diaryl/α,β-unsaturated/α-hetero) is 1. The number of anilines is 2. The molecule has 3 aromatic carbocycles. The number of benzene rings is 3. The monoisotopic (exact) mass is 549 g/mol. The Morgan fingerprint density at radius 2 is 1.66 bits per heavy atom. The Morgan fingerprint density at radius 1 is 1.00 bits per heavy atom. The van der Waals surface area contributed by atoms with E-state index in [4.69, 9.17) is 11.6 Å². The molecular formula is C29H28ClN3O4S. The van der Waals surface area contributed by atoms with E-state index in [0.29, 0.717) is 39.7 Å². The second kappa shape index (κ2) is 9.60. The second-order valence-corrected chi connectivity index (χ2v) is 12.6. The van der Waals surface area contributed by atoms with Gasteiger partial charge >= 0.3 is 6.03 Å². The first-order valence-electron chi connectivity index (χ1n) is 12.3. The smallest absolute Gasteiger partial charge is 0.336 e. The molecule has 0 aromatic heterocycles. The summed E-state index contributed by atoms with van der Waals surface area (Å²) in [5.41, 5.74) is 3.22. The Bertz CT molecular complexity index is 1580. The predicted octanol–water partition coefficient (Wildman–Crippen LogP) is 6.36. The average molecular weight is 550 g/mol. The van der Waals surface area contributed by atoms with Gasteiger partial charge in [0.25, 0.3) is 10.0 Å². The van der Waals surface area contributed by atoms with Crippen LogP contribution >= 0.6 is 11.6 Å². The van der Waals surface area contributed by atoms with Gasteiger partial charge in [-0.05, 0) is 54.7 Å². The van der Waals surface area contributed by atoms with Gasteiger partial charge in [-0.15, -0.1) is 0 Å². The standard InChI is InChI=1S/C29H28ClN3O4S/c1-18-12-14-19(15-13-18)38(36,37)32-28(35)33-24-11-7-6-10-22(24)31-23-16-29(2,3)17-25(34)26(23)27(33)20-8-4-5-9-21(20)30/h4-15,27,31H,16-17H2,1-3H3,(H,32,35). The van der Waals surface area contributed by atoms with Crippen LogP contribution in [0.4, 0.5) is 16.2 Å². The number of carbonyl (C=O) groups excluding carboxylic acids is 2.